The highest BCUT2D eigenvalue weighted by Gasteiger charge is 2.00. The van der Waals surface area contributed by atoms with Gasteiger partial charge in [-0.25, -0.2) is 4.98 Å². The van der Waals surface area contributed by atoms with E-state index in [0.29, 0.717) is 0 Å². The Hall–Kier alpha value is -1.05. The maximum Gasteiger partial charge on any atom is 0.218 e. The van der Waals surface area contributed by atoms with E-state index in [2.05, 4.69) is 18.0 Å². The molecule has 0 aliphatic heterocycles. The molecule has 0 aliphatic carbocycles. The maximum atomic E-state index is 5.36. The van der Waals surface area contributed by atoms with E-state index in [9.17, 15) is 0 Å². The molecule has 0 bridgehead atoms. The molecule has 0 saturated carbocycles. The lowest BCUT2D eigenvalue weighted by Gasteiger charge is -1.83. The van der Waals surface area contributed by atoms with E-state index in [1.807, 2.05) is 19.9 Å². The Balaban J connectivity index is 2.64. The Kier molecular flexibility index (Phi) is 3.09. The average Bonchev–Trinajstić information content (AvgIpc) is 2.32. The largest absolute Gasteiger partial charge is 0.442 e. The molecule has 2 heteroatoms. The zero-order valence-corrected chi connectivity index (χ0v) is 7.92. The zero-order chi connectivity index (χ0) is 8.97. The summed E-state index contributed by atoms with van der Waals surface area (Å²) in [5.74, 6) is 1.63. The van der Waals surface area contributed by atoms with Crippen LogP contribution >= 0.6 is 0 Å². The van der Waals surface area contributed by atoms with Crippen LogP contribution in [0.1, 0.15) is 37.1 Å². The monoisotopic (exact) mass is 165 g/mol. The lowest BCUT2D eigenvalue weighted by Crippen LogP contribution is -1.72. The van der Waals surface area contributed by atoms with Crippen LogP contribution in [0.3, 0.4) is 0 Å². The topological polar surface area (TPSA) is 26.0 Å². The lowest BCUT2D eigenvalue weighted by molar-refractivity contribution is 0.515. The van der Waals surface area contributed by atoms with E-state index < -0.39 is 0 Å². The summed E-state index contributed by atoms with van der Waals surface area (Å²) in [5, 5.41) is 0. The average molecular weight is 165 g/mol. The Morgan fingerprint density at radius 1 is 1.42 bits per heavy atom. The van der Waals surface area contributed by atoms with Gasteiger partial charge in [-0.15, -0.1) is 0 Å². The van der Waals surface area contributed by atoms with Crippen LogP contribution in [-0.4, -0.2) is 4.98 Å². The lowest BCUT2D eigenvalue weighted by atomic mass is 10.3. The molecule has 0 amide bonds. The summed E-state index contributed by atoms with van der Waals surface area (Å²) in [6, 6.07) is 0. The number of nitrogens with zero attached hydrogens (tertiary/aromatic N) is 1. The molecule has 2 nitrogen and oxygen atoms in total. The zero-order valence-electron chi connectivity index (χ0n) is 7.92. The first-order chi connectivity index (χ1) is 5.74. The van der Waals surface area contributed by atoms with Gasteiger partial charge in [0.15, 0.2) is 0 Å². The molecule has 0 atom stereocenters. The summed E-state index contributed by atoms with van der Waals surface area (Å²) < 4.78 is 5.36. The van der Waals surface area contributed by atoms with Crippen molar-refractivity contribution in [1.29, 1.82) is 0 Å². The normalized spacial score (nSPS) is 11.2. The minimum atomic E-state index is 0.721. The van der Waals surface area contributed by atoms with Crippen molar-refractivity contribution in [2.45, 2.75) is 33.6 Å². The number of aromatic nitrogens is 1. The molecule has 12 heavy (non-hydrogen) atoms. The standard InChI is InChI=1S/C10H15NO/c1-4-5-6-7-10-11-8(2)9(3)12-10/h6-7H,4-5H2,1-3H3. The minimum absolute atomic E-state index is 0.721. The summed E-state index contributed by atoms with van der Waals surface area (Å²) in [4.78, 5) is 4.23. The van der Waals surface area contributed by atoms with E-state index in [1.54, 1.807) is 0 Å². The molecule has 66 valence electrons. The molecule has 0 unspecified atom stereocenters. The first-order valence-electron chi connectivity index (χ1n) is 4.34. The first-order valence-corrected chi connectivity index (χ1v) is 4.34. The molecule has 0 fully saturated rings. The molecule has 1 aromatic rings. The molecule has 0 radical (unpaired) electrons. The quantitative estimate of drug-likeness (QED) is 0.687. The summed E-state index contributed by atoms with van der Waals surface area (Å²) >= 11 is 0. The highest BCUT2D eigenvalue weighted by Crippen LogP contribution is 2.09. The predicted molar refractivity (Wildman–Crippen MR) is 49.9 cm³/mol. The van der Waals surface area contributed by atoms with Gasteiger partial charge in [-0.3, -0.25) is 0 Å². The van der Waals surface area contributed by atoms with Crippen molar-refractivity contribution in [2.75, 3.05) is 0 Å². The molecule has 0 spiro atoms. The molecule has 0 aromatic carbocycles. The maximum absolute atomic E-state index is 5.36. The summed E-state index contributed by atoms with van der Waals surface area (Å²) in [6.07, 6.45) is 6.27. The number of aryl methyl sites for hydroxylation is 2. The highest BCUT2D eigenvalue weighted by molar-refractivity contribution is 5.38. The number of hydrogen-bond acceptors (Lipinski definition) is 2. The van der Waals surface area contributed by atoms with Crippen molar-refractivity contribution in [3.8, 4) is 0 Å². The fourth-order valence-corrected chi connectivity index (χ4v) is 0.920. The van der Waals surface area contributed by atoms with Gasteiger partial charge in [0.2, 0.25) is 5.89 Å². The third kappa shape index (κ3) is 2.22. The van der Waals surface area contributed by atoms with Gasteiger partial charge < -0.3 is 4.42 Å². The highest BCUT2D eigenvalue weighted by atomic mass is 16.4. The molecule has 0 saturated heterocycles. The third-order valence-electron chi connectivity index (χ3n) is 1.76. The van der Waals surface area contributed by atoms with Gasteiger partial charge in [0, 0.05) is 0 Å². The van der Waals surface area contributed by atoms with Gasteiger partial charge in [0.25, 0.3) is 0 Å². The smallest absolute Gasteiger partial charge is 0.218 e. The van der Waals surface area contributed by atoms with Crippen molar-refractivity contribution in [3.63, 3.8) is 0 Å². The van der Waals surface area contributed by atoms with Crippen LogP contribution in [-0.2, 0) is 0 Å². The van der Waals surface area contributed by atoms with E-state index in [1.165, 1.54) is 0 Å². The fraction of sp³-hybridized carbons (Fsp3) is 0.500. The minimum Gasteiger partial charge on any atom is -0.442 e. The van der Waals surface area contributed by atoms with Gasteiger partial charge in [-0.1, -0.05) is 19.4 Å². The van der Waals surface area contributed by atoms with E-state index >= 15 is 0 Å². The fourth-order valence-electron chi connectivity index (χ4n) is 0.920. The van der Waals surface area contributed by atoms with Crippen LogP contribution in [0.25, 0.3) is 6.08 Å². The molecule has 1 aromatic heterocycles. The molecule has 0 N–H and O–H groups in total. The van der Waals surface area contributed by atoms with Gasteiger partial charge in [-0.05, 0) is 26.3 Å². The second kappa shape index (κ2) is 4.10. The number of rotatable bonds is 3. The second-order valence-corrected chi connectivity index (χ2v) is 2.88. The van der Waals surface area contributed by atoms with Crippen molar-refractivity contribution in [1.82, 2.24) is 4.98 Å². The second-order valence-electron chi connectivity index (χ2n) is 2.88. The molecule has 1 heterocycles. The van der Waals surface area contributed by atoms with Crippen molar-refractivity contribution < 1.29 is 4.42 Å². The van der Waals surface area contributed by atoms with Crippen LogP contribution in [0.2, 0.25) is 0 Å². The molecule has 0 aliphatic rings. The number of allylic oxidation sites excluding steroid dienone is 1. The third-order valence-corrected chi connectivity index (χ3v) is 1.76. The Labute approximate surface area is 73.3 Å². The number of hydrogen-bond donors (Lipinski definition) is 0. The van der Waals surface area contributed by atoms with Crippen LogP contribution in [0, 0.1) is 13.8 Å². The SMILES string of the molecule is CCCC=Cc1nc(C)c(C)o1. The van der Waals surface area contributed by atoms with Crippen molar-refractivity contribution >= 4 is 6.08 Å². The van der Waals surface area contributed by atoms with Crippen molar-refractivity contribution in [3.05, 3.63) is 23.4 Å². The van der Waals surface area contributed by atoms with E-state index in [0.717, 1.165) is 30.2 Å². The number of unbranched alkanes of at least 4 members (excludes halogenated alkanes) is 1. The molecular formula is C10H15NO. The van der Waals surface area contributed by atoms with E-state index in [4.69, 9.17) is 4.42 Å². The summed E-state index contributed by atoms with van der Waals surface area (Å²) in [5.41, 5.74) is 0.978. The van der Waals surface area contributed by atoms with Crippen LogP contribution in [0.15, 0.2) is 10.5 Å². The van der Waals surface area contributed by atoms with Gasteiger partial charge in [0.1, 0.15) is 5.76 Å². The van der Waals surface area contributed by atoms with E-state index in [-0.39, 0.29) is 0 Å². The Morgan fingerprint density at radius 3 is 2.67 bits per heavy atom. The van der Waals surface area contributed by atoms with Crippen LogP contribution < -0.4 is 0 Å². The number of oxazole rings is 1. The first kappa shape index (κ1) is 9.04. The Morgan fingerprint density at radius 2 is 2.17 bits per heavy atom. The Bertz CT molecular complexity index is 254. The summed E-state index contributed by atoms with van der Waals surface area (Å²) in [7, 11) is 0. The predicted octanol–water partition coefficient (Wildman–Crippen LogP) is 3.10. The van der Waals surface area contributed by atoms with Gasteiger partial charge in [-0.2, -0.15) is 0 Å². The van der Waals surface area contributed by atoms with Crippen molar-refractivity contribution in [2.24, 2.45) is 0 Å². The molecular weight excluding hydrogens is 150 g/mol. The van der Waals surface area contributed by atoms with Crippen LogP contribution in [0.4, 0.5) is 0 Å². The van der Waals surface area contributed by atoms with Gasteiger partial charge >= 0.3 is 0 Å². The van der Waals surface area contributed by atoms with Crippen LogP contribution in [0.5, 0.6) is 0 Å². The summed E-state index contributed by atoms with van der Waals surface area (Å²) in [6.45, 7) is 6.03. The van der Waals surface area contributed by atoms with Gasteiger partial charge in [0.05, 0.1) is 5.69 Å². The molecule has 1 rings (SSSR count).